The van der Waals surface area contributed by atoms with Crippen LogP contribution in [0.25, 0.3) is 0 Å². The highest BCUT2D eigenvalue weighted by Crippen LogP contribution is 2.20. The lowest BCUT2D eigenvalue weighted by Gasteiger charge is -2.38. The minimum Gasteiger partial charge on any atom is -0.353 e. The predicted octanol–water partition coefficient (Wildman–Crippen LogP) is 0.599. The first-order valence-electron chi connectivity index (χ1n) is 6.77. The fraction of sp³-hybridized carbons (Fsp3) is 0.500. The summed E-state index contributed by atoms with van der Waals surface area (Å²) in [6, 6.07) is 6.52. The normalized spacial score (nSPS) is 24.4. The van der Waals surface area contributed by atoms with Gasteiger partial charge in [0.2, 0.25) is 0 Å². The number of rotatable bonds is 2. The van der Waals surface area contributed by atoms with Gasteiger partial charge in [0.1, 0.15) is 11.9 Å². The number of piperazine rings is 1. The smallest absolute Gasteiger partial charge is 0.146 e. The Balaban J connectivity index is 1.65. The lowest BCUT2D eigenvalue weighted by molar-refractivity contribution is 0.197. The molecule has 1 atom stereocenters. The van der Waals surface area contributed by atoms with Crippen LogP contribution in [0.3, 0.4) is 0 Å². The Morgan fingerprint density at radius 3 is 2.84 bits per heavy atom. The van der Waals surface area contributed by atoms with E-state index >= 15 is 0 Å². The van der Waals surface area contributed by atoms with Gasteiger partial charge in [0.25, 0.3) is 0 Å². The average molecular weight is 256 g/mol. The van der Waals surface area contributed by atoms with Gasteiger partial charge in [-0.2, -0.15) is 5.26 Å². The summed E-state index contributed by atoms with van der Waals surface area (Å²) in [4.78, 5) is 9.12. The second-order valence-electron chi connectivity index (χ2n) is 5.01. The Kier molecular flexibility index (Phi) is 3.62. The van der Waals surface area contributed by atoms with E-state index in [0.29, 0.717) is 11.6 Å². The summed E-state index contributed by atoms with van der Waals surface area (Å²) >= 11 is 0. The first-order chi connectivity index (χ1) is 9.38. The number of pyridine rings is 1. The lowest BCUT2D eigenvalue weighted by atomic mass is 10.1. The number of aromatic nitrogens is 1. The van der Waals surface area contributed by atoms with Gasteiger partial charge in [-0.1, -0.05) is 0 Å². The molecule has 5 heteroatoms. The molecule has 2 saturated heterocycles. The summed E-state index contributed by atoms with van der Waals surface area (Å²) in [7, 11) is 0. The van der Waals surface area contributed by atoms with Crippen molar-refractivity contribution in [2.24, 2.45) is 0 Å². The van der Waals surface area contributed by atoms with Crippen LogP contribution in [0, 0.1) is 17.9 Å². The lowest BCUT2D eigenvalue weighted by Crippen LogP contribution is -2.51. The van der Waals surface area contributed by atoms with Crippen LogP contribution >= 0.6 is 0 Å². The second kappa shape index (κ2) is 5.55. The van der Waals surface area contributed by atoms with E-state index in [1.807, 2.05) is 12.1 Å². The zero-order chi connectivity index (χ0) is 13.1. The minimum absolute atomic E-state index is 0.640. The fourth-order valence-corrected chi connectivity index (χ4v) is 2.84. The van der Waals surface area contributed by atoms with E-state index < -0.39 is 0 Å². The predicted molar refractivity (Wildman–Crippen MR) is 73.4 cm³/mol. The molecule has 0 aromatic carbocycles. The summed E-state index contributed by atoms with van der Waals surface area (Å²) in [5, 5.41) is 12.4. The molecule has 2 aliphatic rings. The summed E-state index contributed by atoms with van der Waals surface area (Å²) in [6.07, 6.45) is 2.89. The molecule has 1 aromatic rings. The van der Waals surface area contributed by atoms with Crippen LogP contribution in [-0.2, 0) is 0 Å². The Hall–Kier alpha value is -1.64. The molecule has 2 aliphatic heterocycles. The van der Waals surface area contributed by atoms with Gasteiger partial charge in [-0.3, -0.25) is 4.90 Å². The highest BCUT2D eigenvalue weighted by atomic mass is 15.3. The van der Waals surface area contributed by atoms with Crippen molar-refractivity contribution < 1.29 is 0 Å². The average Bonchev–Trinajstić information content (AvgIpc) is 3.02. The maximum absolute atomic E-state index is 9.13. The van der Waals surface area contributed by atoms with E-state index in [1.54, 1.807) is 6.20 Å². The van der Waals surface area contributed by atoms with Crippen LogP contribution in [0.15, 0.2) is 18.3 Å². The van der Waals surface area contributed by atoms with Gasteiger partial charge in [0, 0.05) is 51.5 Å². The number of nitrogens with one attached hydrogen (secondary N) is 1. The summed E-state index contributed by atoms with van der Waals surface area (Å²) < 4.78 is 0. The first-order valence-corrected chi connectivity index (χ1v) is 6.77. The molecule has 0 aliphatic carbocycles. The zero-order valence-electron chi connectivity index (χ0n) is 10.9. The van der Waals surface area contributed by atoms with Crippen molar-refractivity contribution in [1.82, 2.24) is 15.2 Å². The van der Waals surface area contributed by atoms with E-state index in [4.69, 9.17) is 5.26 Å². The van der Waals surface area contributed by atoms with Gasteiger partial charge >= 0.3 is 0 Å². The third kappa shape index (κ3) is 2.55. The zero-order valence-corrected chi connectivity index (χ0v) is 10.9. The van der Waals surface area contributed by atoms with E-state index in [2.05, 4.69) is 32.7 Å². The van der Waals surface area contributed by atoms with Crippen molar-refractivity contribution in [1.29, 1.82) is 5.26 Å². The fourth-order valence-electron chi connectivity index (χ4n) is 2.84. The molecule has 0 amide bonds. The molecule has 1 aromatic heterocycles. The molecule has 99 valence electrons. The van der Waals surface area contributed by atoms with E-state index in [9.17, 15) is 0 Å². The molecule has 5 nitrogen and oxygen atoms in total. The standard InChI is InChI=1S/C14H18N5/c15-10-12-2-1-4-17-14(12)19-8-6-18(7-9-19)13-3-5-16-11-13/h1-2,4-5,13,16H,3,6-9,11H2/t13-/m0/s1. The third-order valence-corrected chi connectivity index (χ3v) is 3.93. The van der Waals surface area contributed by atoms with Gasteiger partial charge in [-0.15, -0.1) is 0 Å². The van der Waals surface area contributed by atoms with Crippen LogP contribution in [0.5, 0.6) is 0 Å². The van der Waals surface area contributed by atoms with Crippen molar-refractivity contribution in [3.05, 3.63) is 30.4 Å². The number of nitrogens with zero attached hydrogens (tertiary/aromatic N) is 4. The van der Waals surface area contributed by atoms with Crippen LogP contribution in [0.1, 0.15) is 12.0 Å². The molecule has 0 spiro atoms. The highest BCUT2D eigenvalue weighted by Gasteiger charge is 2.27. The van der Waals surface area contributed by atoms with Crippen LogP contribution in [-0.4, -0.2) is 48.6 Å². The van der Waals surface area contributed by atoms with Crippen LogP contribution in [0.2, 0.25) is 0 Å². The topological polar surface area (TPSA) is 55.2 Å². The van der Waals surface area contributed by atoms with Crippen molar-refractivity contribution in [2.45, 2.75) is 12.5 Å². The number of nitriles is 1. The van der Waals surface area contributed by atoms with Crippen LogP contribution < -0.4 is 10.2 Å². The Labute approximate surface area is 113 Å². The summed E-state index contributed by atoms with van der Waals surface area (Å²) in [5.74, 6) is 0.834. The summed E-state index contributed by atoms with van der Waals surface area (Å²) in [6.45, 7) is 7.20. The molecule has 2 fully saturated rings. The van der Waals surface area contributed by atoms with Gasteiger partial charge in [-0.05, 0) is 18.6 Å². The second-order valence-corrected chi connectivity index (χ2v) is 5.01. The maximum atomic E-state index is 9.13. The van der Waals surface area contributed by atoms with E-state index in [0.717, 1.165) is 45.0 Å². The molecular weight excluding hydrogens is 238 g/mol. The SMILES string of the molecule is N#Cc1cccnc1N1CCN([C@H]2C[CH]NC2)CC1. The minimum atomic E-state index is 0.640. The van der Waals surface area contributed by atoms with Gasteiger partial charge < -0.3 is 10.2 Å². The van der Waals surface area contributed by atoms with Crippen molar-refractivity contribution in [2.75, 3.05) is 37.6 Å². The largest absolute Gasteiger partial charge is 0.353 e. The number of hydrogen-bond acceptors (Lipinski definition) is 5. The maximum Gasteiger partial charge on any atom is 0.146 e. The van der Waals surface area contributed by atoms with E-state index in [1.165, 1.54) is 0 Å². The van der Waals surface area contributed by atoms with Crippen molar-refractivity contribution in [3.8, 4) is 6.07 Å². The molecular formula is C14H18N5. The van der Waals surface area contributed by atoms with Crippen molar-refractivity contribution >= 4 is 5.82 Å². The Bertz CT molecular complexity index is 467. The van der Waals surface area contributed by atoms with Crippen molar-refractivity contribution in [3.63, 3.8) is 0 Å². The monoisotopic (exact) mass is 256 g/mol. The number of anilines is 1. The molecule has 1 radical (unpaired) electrons. The molecule has 3 heterocycles. The van der Waals surface area contributed by atoms with E-state index in [-0.39, 0.29) is 0 Å². The first kappa shape index (κ1) is 12.4. The molecule has 0 saturated carbocycles. The van der Waals surface area contributed by atoms with Gasteiger partial charge in [0.15, 0.2) is 0 Å². The van der Waals surface area contributed by atoms with Crippen LogP contribution in [0.4, 0.5) is 5.82 Å². The quantitative estimate of drug-likeness (QED) is 0.839. The molecule has 19 heavy (non-hydrogen) atoms. The summed E-state index contributed by atoms with van der Waals surface area (Å²) in [5.41, 5.74) is 0.673. The Morgan fingerprint density at radius 1 is 1.32 bits per heavy atom. The third-order valence-electron chi connectivity index (χ3n) is 3.93. The highest BCUT2D eigenvalue weighted by molar-refractivity contribution is 5.53. The van der Waals surface area contributed by atoms with Gasteiger partial charge in [0.05, 0.1) is 5.56 Å². The molecule has 0 bridgehead atoms. The number of hydrogen-bond donors (Lipinski definition) is 1. The Morgan fingerprint density at radius 2 is 2.16 bits per heavy atom. The molecule has 3 rings (SSSR count). The molecule has 0 unspecified atom stereocenters. The molecule has 1 N–H and O–H groups in total. The van der Waals surface area contributed by atoms with Gasteiger partial charge in [-0.25, -0.2) is 4.98 Å².